The first-order chi connectivity index (χ1) is 11.2. The van der Waals surface area contributed by atoms with Gasteiger partial charge in [-0.2, -0.15) is 13.9 Å². The summed E-state index contributed by atoms with van der Waals surface area (Å²) in [7, 11) is 0. The Kier molecular flexibility index (Phi) is 4.96. The average Bonchev–Trinajstić information content (AvgIpc) is 2.95. The molecule has 0 radical (unpaired) electrons. The number of aromatic amines is 1. The molecule has 0 unspecified atom stereocenters. The number of ether oxygens (including phenoxy) is 2. The highest BCUT2D eigenvalue weighted by Gasteiger charge is 2.15. The van der Waals surface area contributed by atoms with Gasteiger partial charge in [-0.15, -0.1) is 0 Å². The Labute approximate surface area is 131 Å². The lowest BCUT2D eigenvalue weighted by atomic mass is 9.95. The van der Waals surface area contributed by atoms with Gasteiger partial charge in [0, 0.05) is 25.5 Å². The van der Waals surface area contributed by atoms with Gasteiger partial charge in [-0.3, -0.25) is 4.98 Å². The molecule has 0 aromatic carbocycles. The third-order valence-corrected chi connectivity index (χ3v) is 3.55. The average molecular weight is 325 g/mol. The molecule has 1 aliphatic rings. The second kappa shape index (κ2) is 7.32. The standard InChI is InChI=1S/C14H17F2N5O2/c15-14(16)23-13-6-11(20-21-13)19-12-8-17-7-10(18-12)5-9-1-3-22-4-2-9/h6-9,14H,1-5H2,(H2,18,19,20,21). The van der Waals surface area contributed by atoms with Crippen molar-refractivity contribution in [3.05, 3.63) is 24.2 Å². The van der Waals surface area contributed by atoms with E-state index in [9.17, 15) is 8.78 Å². The number of hydrogen-bond acceptors (Lipinski definition) is 6. The van der Waals surface area contributed by atoms with Crippen molar-refractivity contribution in [2.45, 2.75) is 25.9 Å². The second-order valence-corrected chi connectivity index (χ2v) is 5.28. The zero-order chi connectivity index (χ0) is 16.1. The Morgan fingerprint density at radius 3 is 2.91 bits per heavy atom. The van der Waals surface area contributed by atoms with E-state index in [4.69, 9.17) is 4.74 Å². The molecule has 124 valence electrons. The van der Waals surface area contributed by atoms with Crippen LogP contribution in [0.5, 0.6) is 5.88 Å². The normalized spacial score (nSPS) is 15.8. The zero-order valence-electron chi connectivity index (χ0n) is 12.3. The summed E-state index contributed by atoms with van der Waals surface area (Å²) in [6.07, 6.45) is 6.17. The molecule has 3 heterocycles. The summed E-state index contributed by atoms with van der Waals surface area (Å²) in [5, 5.41) is 9.10. The summed E-state index contributed by atoms with van der Waals surface area (Å²) in [5.41, 5.74) is 0.876. The number of alkyl halides is 2. The number of nitrogens with one attached hydrogen (secondary N) is 2. The van der Waals surface area contributed by atoms with Gasteiger partial charge in [-0.1, -0.05) is 0 Å². The van der Waals surface area contributed by atoms with Crippen LogP contribution < -0.4 is 10.1 Å². The van der Waals surface area contributed by atoms with Crippen molar-refractivity contribution in [3.63, 3.8) is 0 Å². The SMILES string of the molecule is FC(F)Oc1cc(Nc2cncc(CC3CCOCC3)n2)n[nH]1. The fourth-order valence-corrected chi connectivity index (χ4v) is 2.47. The highest BCUT2D eigenvalue weighted by molar-refractivity contribution is 5.51. The first-order valence-corrected chi connectivity index (χ1v) is 7.35. The van der Waals surface area contributed by atoms with Crippen molar-refractivity contribution in [3.8, 4) is 5.88 Å². The third kappa shape index (κ3) is 4.59. The molecule has 1 saturated heterocycles. The molecule has 0 amide bonds. The minimum Gasteiger partial charge on any atom is -0.417 e. The smallest absolute Gasteiger partial charge is 0.388 e. The Bertz CT molecular complexity index is 631. The number of anilines is 2. The highest BCUT2D eigenvalue weighted by atomic mass is 19.3. The highest BCUT2D eigenvalue weighted by Crippen LogP contribution is 2.21. The van der Waals surface area contributed by atoms with Crippen LogP contribution in [0.4, 0.5) is 20.4 Å². The van der Waals surface area contributed by atoms with Gasteiger partial charge in [0.15, 0.2) is 5.82 Å². The molecule has 7 nitrogen and oxygen atoms in total. The monoisotopic (exact) mass is 325 g/mol. The lowest BCUT2D eigenvalue weighted by Crippen LogP contribution is -2.18. The molecule has 0 aliphatic carbocycles. The molecule has 0 spiro atoms. The van der Waals surface area contributed by atoms with Crippen LogP contribution in [0.1, 0.15) is 18.5 Å². The van der Waals surface area contributed by atoms with Crippen LogP contribution in [0.15, 0.2) is 18.5 Å². The first-order valence-electron chi connectivity index (χ1n) is 7.35. The third-order valence-electron chi connectivity index (χ3n) is 3.55. The Morgan fingerprint density at radius 2 is 2.13 bits per heavy atom. The minimum atomic E-state index is -2.90. The predicted octanol–water partition coefficient (Wildman–Crippen LogP) is 2.51. The summed E-state index contributed by atoms with van der Waals surface area (Å²) in [6, 6.07) is 1.33. The van der Waals surface area contributed by atoms with Gasteiger partial charge in [0.1, 0.15) is 5.82 Å². The second-order valence-electron chi connectivity index (χ2n) is 5.28. The van der Waals surface area contributed by atoms with E-state index in [2.05, 4.69) is 30.2 Å². The van der Waals surface area contributed by atoms with Crippen LogP contribution >= 0.6 is 0 Å². The van der Waals surface area contributed by atoms with Crippen molar-refractivity contribution >= 4 is 11.6 Å². The molecule has 1 aliphatic heterocycles. The van der Waals surface area contributed by atoms with E-state index in [1.165, 1.54) is 6.07 Å². The molecule has 9 heteroatoms. The largest absolute Gasteiger partial charge is 0.417 e. The molecule has 2 aromatic heterocycles. The van der Waals surface area contributed by atoms with Crippen molar-refractivity contribution in [2.75, 3.05) is 18.5 Å². The van der Waals surface area contributed by atoms with Gasteiger partial charge >= 0.3 is 6.61 Å². The lowest BCUT2D eigenvalue weighted by Gasteiger charge is -2.21. The maximum atomic E-state index is 12.1. The molecular weight excluding hydrogens is 308 g/mol. The fourth-order valence-electron chi connectivity index (χ4n) is 2.47. The van der Waals surface area contributed by atoms with E-state index >= 15 is 0 Å². The molecule has 2 aromatic rings. The molecule has 0 saturated carbocycles. The summed E-state index contributed by atoms with van der Waals surface area (Å²) in [4.78, 5) is 8.63. The number of aromatic nitrogens is 4. The van der Waals surface area contributed by atoms with Crippen LogP contribution in [-0.2, 0) is 11.2 Å². The van der Waals surface area contributed by atoms with Gasteiger partial charge in [0.25, 0.3) is 0 Å². The minimum absolute atomic E-state index is 0.117. The molecule has 23 heavy (non-hydrogen) atoms. The van der Waals surface area contributed by atoms with Crippen LogP contribution in [0.25, 0.3) is 0 Å². The predicted molar refractivity (Wildman–Crippen MR) is 77.8 cm³/mol. The first kappa shape index (κ1) is 15.6. The van der Waals surface area contributed by atoms with Crippen molar-refractivity contribution in [2.24, 2.45) is 5.92 Å². The Balaban J connectivity index is 1.61. The van der Waals surface area contributed by atoms with Crippen molar-refractivity contribution in [1.82, 2.24) is 20.2 Å². The Morgan fingerprint density at radius 1 is 1.30 bits per heavy atom. The van der Waals surface area contributed by atoms with Gasteiger partial charge in [0.2, 0.25) is 5.88 Å². The molecule has 0 bridgehead atoms. The number of hydrogen-bond donors (Lipinski definition) is 2. The summed E-state index contributed by atoms with van der Waals surface area (Å²) >= 11 is 0. The number of nitrogens with zero attached hydrogens (tertiary/aromatic N) is 3. The lowest BCUT2D eigenvalue weighted by molar-refractivity contribution is -0.0528. The van der Waals surface area contributed by atoms with E-state index in [0.29, 0.717) is 17.6 Å². The number of rotatable bonds is 6. The summed E-state index contributed by atoms with van der Waals surface area (Å²) in [6.45, 7) is -1.32. The van der Waals surface area contributed by atoms with Gasteiger partial charge in [-0.05, 0) is 25.2 Å². The topological polar surface area (TPSA) is 84.9 Å². The quantitative estimate of drug-likeness (QED) is 0.849. The van der Waals surface area contributed by atoms with Crippen molar-refractivity contribution in [1.29, 1.82) is 0 Å². The molecule has 1 fully saturated rings. The van der Waals surface area contributed by atoms with Gasteiger partial charge in [0.05, 0.1) is 11.9 Å². The van der Waals surface area contributed by atoms with Crippen molar-refractivity contribution < 1.29 is 18.3 Å². The molecular formula is C14H17F2N5O2. The van der Waals surface area contributed by atoms with E-state index in [0.717, 1.165) is 38.2 Å². The van der Waals surface area contributed by atoms with Crippen LogP contribution in [0, 0.1) is 5.92 Å². The van der Waals surface area contributed by atoms with E-state index < -0.39 is 6.61 Å². The number of H-pyrrole nitrogens is 1. The van der Waals surface area contributed by atoms with E-state index in [-0.39, 0.29) is 5.88 Å². The molecule has 3 rings (SSSR count). The summed E-state index contributed by atoms with van der Waals surface area (Å²) in [5.74, 6) is 1.27. The van der Waals surface area contributed by atoms with Gasteiger partial charge in [-0.25, -0.2) is 10.1 Å². The summed E-state index contributed by atoms with van der Waals surface area (Å²) < 4.78 is 33.8. The maximum absolute atomic E-state index is 12.1. The van der Waals surface area contributed by atoms with E-state index in [1.54, 1.807) is 12.4 Å². The molecule has 2 N–H and O–H groups in total. The van der Waals surface area contributed by atoms with Crippen LogP contribution in [-0.4, -0.2) is 40.0 Å². The van der Waals surface area contributed by atoms with E-state index in [1.807, 2.05) is 0 Å². The number of halogens is 2. The van der Waals surface area contributed by atoms with Gasteiger partial charge < -0.3 is 14.8 Å². The zero-order valence-corrected chi connectivity index (χ0v) is 12.3. The molecule has 0 atom stereocenters. The maximum Gasteiger partial charge on any atom is 0.388 e. The van der Waals surface area contributed by atoms with Crippen LogP contribution in [0.2, 0.25) is 0 Å². The Hall–Kier alpha value is -2.29. The van der Waals surface area contributed by atoms with Crippen LogP contribution in [0.3, 0.4) is 0 Å². The fraction of sp³-hybridized carbons (Fsp3) is 0.500.